The van der Waals surface area contributed by atoms with Gasteiger partial charge in [0.15, 0.2) is 0 Å². The van der Waals surface area contributed by atoms with Gasteiger partial charge >= 0.3 is 0 Å². The summed E-state index contributed by atoms with van der Waals surface area (Å²) in [6, 6.07) is 16.5. The lowest BCUT2D eigenvalue weighted by Gasteiger charge is -2.31. The second kappa shape index (κ2) is 9.02. The van der Waals surface area contributed by atoms with Crippen molar-refractivity contribution in [3.05, 3.63) is 65.2 Å². The molecule has 1 fully saturated rings. The zero-order valence-electron chi connectivity index (χ0n) is 15.2. The summed E-state index contributed by atoms with van der Waals surface area (Å²) in [6.45, 7) is 4.90. The Morgan fingerprint density at radius 3 is 2.40 bits per heavy atom. The Morgan fingerprint density at radius 1 is 1.00 bits per heavy atom. The van der Waals surface area contributed by atoms with Gasteiger partial charge in [-0.05, 0) is 66.8 Å². The van der Waals surface area contributed by atoms with Gasteiger partial charge in [-0.2, -0.15) is 5.06 Å². The molecule has 25 heavy (non-hydrogen) atoms. The summed E-state index contributed by atoms with van der Waals surface area (Å²) < 4.78 is 0. The minimum atomic E-state index is 0.324. The molecule has 0 amide bonds. The highest BCUT2D eigenvalue weighted by atomic mass is 16.7. The Labute approximate surface area is 151 Å². The average molecular weight is 339 g/mol. The predicted molar refractivity (Wildman–Crippen MR) is 102 cm³/mol. The van der Waals surface area contributed by atoms with Crippen LogP contribution in [0.5, 0.6) is 5.75 Å². The Balaban J connectivity index is 1.36. The topological polar surface area (TPSA) is 32.7 Å². The molecule has 2 aromatic carbocycles. The SMILES string of the molecule is CCc1ccc(CC2CCN(OCCc3cccc(O)c3)CC2)cc1. The van der Waals surface area contributed by atoms with Crippen LogP contribution in [0, 0.1) is 5.92 Å². The molecule has 134 valence electrons. The molecule has 1 N–H and O–H groups in total. The summed E-state index contributed by atoms with van der Waals surface area (Å²) >= 11 is 0. The summed E-state index contributed by atoms with van der Waals surface area (Å²) in [6.07, 6.45) is 5.52. The van der Waals surface area contributed by atoms with E-state index in [0.717, 1.165) is 37.4 Å². The van der Waals surface area contributed by atoms with E-state index in [4.69, 9.17) is 4.84 Å². The van der Waals surface area contributed by atoms with Crippen LogP contribution in [0.4, 0.5) is 0 Å². The number of phenols is 1. The normalized spacial score (nSPS) is 16.2. The third kappa shape index (κ3) is 5.58. The fourth-order valence-corrected chi connectivity index (χ4v) is 3.49. The number of piperidine rings is 1. The number of hydrogen-bond acceptors (Lipinski definition) is 3. The van der Waals surface area contributed by atoms with E-state index >= 15 is 0 Å². The van der Waals surface area contributed by atoms with Gasteiger partial charge in [0.25, 0.3) is 0 Å². The van der Waals surface area contributed by atoms with Gasteiger partial charge in [0.2, 0.25) is 0 Å². The van der Waals surface area contributed by atoms with Gasteiger partial charge in [-0.1, -0.05) is 43.3 Å². The molecule has 1 heterocycles. The van der Waals surface area contributed by atoms with Crippen molar-refractivity contribution >= 4 is 0 Å². The van der Waals surface area contributed by atoms with Crippen molar-refractivity contribution in [1.29, 1.82) is 0 Å². The van der Waals surface area contributed by atoms with E-state index in [1.807, 2.05) is 12.1 Å². The minimum absolute atomic E-state index is 0.324. The zero-order chi connectivity index (χ0) is 17.5. The molecule has 0 radical (unpaired) electrons. The van der Waals surface area contributed by atoms with Gasteiger partial charge in [0, 0.05) is 13.1 Å². The van der Waals surface area contributed by atoms with Crippen molar-refractivity contribution in [3.63, 3.8) is 0 Å². The minimum Gasteiger partial charge on any atom is -0.508 e. The van der Waals surface area contributed by atoms with Crippen LogP contribution in [0.3, 0.4) is 0 Å². The largest absolute Gasteiger partial charge is 0.508 e. The Kier molecular flexibility index (Phi) is 6.48. The van der Waals surface area contributed by atoms with Crippen LogP contribution in [0.25, 0.3) is 0 Å². The highest BCUT2D eigenvalue weighted by Gasteiger charge is 2.19. The van der Waals surface area contributed by atoms with E-state index in [0.29, 0.717) is 12.4 Å². The first kappa shape index (κ1) is 18.0. The Morgan fingerprint density at radius 2 is 1.72 bits per heavy atom. The van der Waals surface area contributed by atoms with E-state index in [1.54, 1.807) is 12.1 Å². The summed E-state index contributed by atoms with van der Waals surface area (Å²) in [5.41, 5.74) is 3.99. The zero-order valence-corrected chi connectivity index (χ0v) is 15.2. The van der Waals surface area contributed by atoms with E-state index in [-0.39, 0.29) is 0 Å². The van der Waals surface area contributed by atoms with Crippen LogP contribution in [-0.4, -0.2) is 29.9 Å². The molecule has 0 unspecified atom stereocenters. The van der Waals surface area contributed by atoms with Crippen LogP contribution in [0.1, 0.15) is 36.5 Å². The predicted octanol–water partition coefficient (Wildman–Crippen LogP) is 4.38. The molecule has 0 bridgehead atoms. The fraction of sp³-hybridized carbons (Fsp3) is 0.455. The van der Waals surface area contributed by atoms with Gasteiger partial charge in [0.05, 0.1) is 6.61 Å². The fourth-order valence-electron chi connectivity index (χ4n) is 3.49. The lowest BCUT2D eigenvalue weighted by atomic mass is 9.90. The van der Waals surface area contributed by atoms with Crippen LogP contribution in [0.15, 0.2) is 48.5 Å². The molecule has 3 heteroatoms. The van der Waals surface area contributed by atoms with E-state index in [1.165, 1.54) is 30.4 Å². The first-order valence-electron chi connectivity index (χ1n) is 9.46. The first-order chi connectivity index (χ1) is 12.2. The summed E-state index contributed by atoms with van der Waals surface area (Å²) in [5.74, 6) is 1.09. The first-order valence-corrected chi connectivity index (χ1v) is 9.46. The molecular formula is C22H29NO2. The second-order valence-corrected chi connectivity index (χ2v) is 7.00. The maximum absolute atomic E-state index is 9.49. The number of hydroxylamine groups is 2. The average Bonchev–Trinajstić information content (AvgIpc) is 2.64. The molecule has 2 aromatic rings. The van der Waals surface area contributed by atoms with Crippen molar-refractivity contribution in [2.45, 2.75) is 39.0 Å². The maximum Gasteiger partial charge on any atom is 0.115 e. The van der Waals surface area contributed by atoms with Crippen molar-refractivity contribution in [2.24, 2.45) is 5.92 Å². The number of hydrogen-bond donors (Lipinski definition) is 1. The van der Waals surface area contributed by atoms with Gasteiger partial charge in [-0.3, -0.25) is 4.84 Å². The lowest BCUT2D eigenvalue weighted by molar-refractivity contribution is -0.173. The van der Waals surface area contributed by atoms with Gasteiger partial charge in [-0.15, -0.1) is 0 Å². The Hall–Kier alpha value is -1.84. The molecule has 0 saturated carbocycles. The smallest absolute Gasteiger partial charge is 0.115 e. The van der Waals surface area contributed by atoms with E-state index < -0.39 is 0 Å². The van der Waals surface area contributed by atoms with E-state index in [9.17, 15) is 5.11 Å². The van der Waals surface area contributed by atoms with Crippen LogP contribution in [0.2, 0.25) is 0 Å². The van der Waals surface area contributed by atoms with Crippen molar-refractivity contribution in [3.8, 4) is 5.75 Å². The molecule has 0 spiro atoms. The van der Waals surface area contributed by atoms with Crippen LogP contribution >= 0.6 is 0 Å². The summed E-state index contributed by atoms with van der Waals surface area (Å²) in [4.78, 5) is 5.91. The van der Waals surface area contributed by atoms with Crippen LogP contribution in [-0.2, 0) is 24.1 Å². The van der Waals surface area contributed by atoms with Crippen molar-refractivity contribution in [2.75, 3.05) is 19.7 Å². The van der Waals surface area contributed by atoms with Crippen molar-refractivity contribution in [1.82, 2.24) is 5.06 Å². The molecule has 1 aliphatic heterocycles. The molecule has 1 aliphatic rings. The van der Waals surface area contributed by atoms with Gasteiger partial charge in [0.1, 0.15) is 5.75 Å². The molecule has 3 rings (SSSR count). The molecule has 1 saturated heterocycles. The third-order valence-electron chi connectivity index (χ3n) is 5.10. The number of phenolic OH excluding ortho intramolecular Hbond substituents is 1. The quantitative estimate of drug-likeness (QED) is 0.812. The number of nitrogens with zero attached hydrogens (tertiary/aromatic N) is 1. The molecular weight excluding hydrogens is 310 g/mol. The highest BCUT2D eigenvalue weighted by Crippen LogP contribution is 2.22. The summed E-state index contributed by atoms with van der Waals surface area (Å²) in [7, 11) is 0. The molecule has 0 aliphatic carbocycles. The molecule has 0 aromatic heterocycles. The highest BCUT2D eigenvalue weighted by molar-refractivity contribution is 5.27. The lowest BCUT2D eigenvalue weighted by Crippen LogP contribution is -2.34. The molecule has 3 nitrogen and oxygen atoms in total. The number of benzene rings is 2. The standard InChI is InChI=1S/C22H29NO2/c1-2-18-6-8-20(9-7-18)16-21-10-13-23(14-11-21)25-15-12-19-4-3-5-22(24)17-19/h3-9,17,21,24H,2,10-16H2,1H3. The number of rotatable bonds is 7. The number of aryl methyl sites for hydroxylation is 1. The monoisotopic (exact) mass is 339 g/mol. The third-order valence-corrected chi connectivity index (χ3v) is 5.10. The Bertz CT molecular complexity index is 645. The van der Waals surface area contributed by atoms with Gasteiger partial charge < -0.3 is 5.11 Å². The van der Waals surface area contributed by atoms with E-state index in [2.05, 4.69) is 36.3 Å². The maximum atomic E-state index is 9.49. The summed E-state index contributed by atoms with van der Waals surface area (Å²) in [5, 5.41) is 11.6. The molecule has 0 atom stereocenters. The van der Waals surface area contributed by atoms with Crippen molar-refractivity contribution < 1.29 is 9.94 Å². The van der Waals surface area contributed by atoms with Crippen LogP contribution < -0.4 is 0 Å². The second-order valence-electron chi connectivity index (χ2n) is 7.00. The number of aromatic hydroxyl groups is 1. The van der Waals surface area contributed by atoms with Gasteiger partial charge in [-0.25, -0.2) is 0 Å².